The fourth-order valence-electron chi connectivity index (χ4n) is 5.02. The molecule has 0 aliphatic heterocycles. The van der Waals surface area contributed by atoms with Crippen molar-refractivity contribution >= 4 is 26.8 Å². The number of aliphatic hydroxyl groups excluding tert-OH is 1. The first-order valence-electron chi connectivity index (χ1n) is 10.8. The second kappa shape index (κ2) is 8.69. The first kappa shape index (κ1) is 22.5. The lowest BCUT2D eigenvalue weighted by Crippen LogP contribution is -2.49. The Morgan fingerprint density at radius 3 is 2.50 bits per heavy atom. The van der Waals surface area contributed by atoms with Gasteiger partial charge in [-0.3, -0.25) is 4.79 Å². The molecule has 0 radical (unpaired) electrons. The summed E-state index contributed by atoms with van der Waals surface area (Å²) in [6.07, 6.45) is 3.66. The minimum atomic E-state index is -3.70. The van der Waals surface area contributed by atoms with E-state index in [-0.39, 0.29) is 17.5 Å². The van der Waals surface area contributed by atoms with Gasteiger partial charge in [0.15, 0.2) is 0 Å². The lowest BCUT2D eigenvalue weighted by Gasteiger charge is -2.43. The molecule has 7 nitrogen and oxygen atoms in total. The summed E-state index contributed by atoms with van der Waals surface area (Å²) in [5.74, 6) is -0.865. The van der Waals surface area contributed by atoms with E-state index in [4.69, 9.17) is 5.73 Å². The maximum atomic E-state index is 13.0. The van der Waals surface area contributed by atoms with E-state index in [2.05, 4.69) is 4.72 Å². The van der Waals surface area contributed by atoms with Gasteiger partial charge in [-0.25, -0.2) is 13.1 Å². The number of hydrogen-bond acceptors (Lipinski definition) is 4. The molecular formula is C24H29N3O4S. The highest BCUT2D eigenvalue weighted by Crippen LogP contribution is 2.47. The molecule has 0 spiro atoms. The third-order valence-corrected chi connectivity index (χ3v) is 8.43. The van der Waals surface area contributed by atoms with E-state index in [1.54, 1.807) is 18.2 Å². The molecule has 0 bridgehead atoms. The number of nitrogens with two attached hydrogens (primary N) is 1. The van der Waals surface area contributed by atoms with Crippen LogP contribution in [-0.4, -0.2) is 36.6 Å². The highest BCUT2D eigenvalue weighted by atomic mass is 32.2. The number of hydrogen-bond donors (Lipinski definition) is 3. The minimum Gasteiger partial charge on any atom is -0.396 e. The molecule has 4 N–H and O–H groups in total. The number of primary amides is 1. The number of amides is 1. The van der Waals surface area contributed by atoms with Gasteiger partial charge in [0.1, 0.15) is 0 Å². The summed E-state index contributed by atoms with van der Waals surface area (Å²) in [5.41, 5.74) is 6.77. The van der Waals surface area contributed by atoms with E-state index in [0.717, 1.165) is 16.5 Å². The van der Waals surface area contributed by atoms with Crippen molar-refractivity contribution in [3.05, 3.63) is 66.4 Å². The number of fused-ring (bicyclic) bond motifs is 1. The molecule has 0 unspecified atom stereocenters. The summed E-state index contributed by atoms with van der Waals surface area (Å²) in [4.78, 5) is 12.8. The molecule has 1 aromatic heterocycles. The number of nitrogens with zero attached hydrogens (tertiary/aromatic N) is 1. The van der Waals surface area contributed by atoms with Crippen LogP contribution in [0.25, 0.3) is 10.9 Å². The Bertz CT molecular complexity index is 1210. The third-order valence-electron chi connectivity index (χ3n) is 6.91. The van der Waals surface area contributed by atoms with E-state index in [0.29, 0.717) is 25.7 Å². The smallest absolute Gasteiger partial charge is 0.240 e. The van der Waals surface area contributed by atoms with Crippen molar-refractivity contribution in [1.82, 2.24) is 9.29 Å². The second-order valence-electron chi connectivity index (χ2n) is 8.71. The van der Waals surface area contributed by atoms with Gasteiger partial charge in [0.2, 0.25) is 15.9 Å². The molecule has 1 amide bonds. The van der Waals surface area contributed by atoms with Crippen molar-refractivity contribution < 1.29 is 18.3 Å². The zero-order valence-electron chi connectivity index (χ0n) is 18.1. The number of benzene rings is 2. The van der Waals surface area contributed by atoms with Crippen molar-refractivity contribution in [2.24, 2.45) is 18.2 Å². The van der Waals surface area contributed by atoms with Gasteiger partial charge in [0.05, 0.1) is 16.9 Å². The standard InChI is InChI=1S/C24H29N3O4S/c1-27-14-11-18-15-20(7-8-22(18)27)32(30,31)26-19-9-12-24(13-10-19,23(25)29)21(16-28)17-5-3-2-4-6-17/h2-8,11,14-15,19,21,26,28H,9-10,12-13,16H2,1H3,(H2,25,29)/t19?,21-,24?/m0/s1. The number of sulfonamides is 1. The zero-order chi connectivity index (χ0) is 22.9. The van der Waals surface area contributed by atoms with Crippen LogP contribution in [0.3, 0.4) is 0 Å². The lowest BCUT2D eigenvalue weighted by molar-refractivity contribution is -0.132. The predicted molar refractivity (Wildman–Crippen MR) is 123 cm³/mol. The van der Waals surface area contributed by atoms with Gasteiger partial charge in [-0.15, -0.1) is 0 Å². The molecule has 8 heteroatoms. The first-order valence-corrected chi connectivity index (χ1v) is 12.3. The Labute approximate surface area is 188 Å². The fourth-order valence-corrected chi connectivity index (χ4v) is 6.36. The quantitative estimate of drug-likeness (QED) is 0.508. The van der Waals surface area contributed by atoms with E-state index in [1.807, 2.05) is 54.2 Å². The zero-order valence-corrected chi connectivity index (χ0v) is 18.9. The maximum absolute atomic E-state index is 13.0. The molecule has 1 heterocycles. The van der Waals surface area contributed by atoms with Gasteiger partial charge < -0.3 is 15.4 Å². The van der Waals surface area contributed by atoms with Crippen molar-refractivity contribution in [2.45, 2.75) is 42.5 Å². The van der Waals surface area contributed by atoms with Crippen molar-refractivity contribution in [1.29, 1.82) is 0 Å². The van der Waals surface area contributed by atoms with E-state index in [1.165, 1.54) is 0 Å². The highest BCUT2D eigenvalue weighted by molar-refractivity contribution is 7.89. The summed E-state index contributed by atoms with van der Waals surface area (Å²) in [5, 5.41) is 11.0. The molecule has 2 aromatic carbocycles. The summed E-state index contributed by atoms with van der Waals surface area (Å²) in [7, 11) is -1.79. The molecule has 4 rings (SSSR count). The summed E-state index contributed by atoms with van der Waals surface area (Å²) in [6, 6.07) is 16.1. The first-order chi connectivity index (χ1) is 15.3. The molecule has 170 valence electrons. The van der Waals surface area contributed by atoms with Crippen molar-refractivity contribution in [3.63, 3.8) is 0 Å². The van der Waals surface area contributed by atoms with E-state index < -0.39 is 27.3 Å². The molecule has 1 atom stereocenters. The third kappa shape index (κ3) is 4.05. The summed E-state index contributed by atoms with van der Waals surface area (Å²) < 4.78 is 30.8. The van der Waals surface area contributed by atoms with Crippen LogP contribution >= 0.6 is 0 Å². The number of nitrogens with one attached hydrogen (secondary N) is 1. The molecule has 1 aliphatic carbocycles. The Morgan fingerprint density at radius 2 is 1.88 bits per heavy atom. The number of rotatable bonds is 7. The van der Waals surface area contributed by atoms with Gasteiger partial charge in [-0.1, -0.05) is 30.3 Å². The topological polar surface area (TPSA) is 114 Å². The lowest BCUT2D eigenvalue weighted by atomic mass is 9.62. The molecule has 3 aromatic rings. The van der Waals surface area contributed by atoms with Crippen LogP contribution in [0, 0.1) is 5.41 Å². The number of carbonyl (C=O) groups is 1. The highest BCUT2D eigenvalue weighted by Gasteiger charge is 2.47. The monoisotopic (exact) mass is 455 g/mol. The van der Waals surface area contributed by atoms with Crippen molar-refractivity contribution in [3.8, 4) is 0 Å². The van der Waals surface area contributed by atoms with Crippen LogP contribution in [0.5, 0.6) is 0 Å². The largest absolute Gasteiger partial charge is 0.396 e. The minimum absolute atomic E-state index is 0.194. The number of aliphatic hydroxyl groups is 1. The SMILES string of the molecule is Cn1ccc2cc(S(=O)(=O)NC3CCC(C(N)=O)([C@@H](CO)c4ccccc4)CC3)ccc21. The van der Waals surface area contributed by atoms with Gasteiger partial charge in [0, 0.05) is 36.1 Å². The Balaban J connectivity index is 1.51. The second-order valence-corrected chi connectivity index (χ2v) is 10.4. The molecule has 1 saturated carbocycles. The number of aromatic nitrogens is 1. The molecule has 32 heavy (non-hydrogen) atoms. The van der Waals surface area contributed by atoms with E-state index >= 15 is 0 Å². The maximum Gasteiger partial charge on any atom is 0.240 e. The van der Waals surface area contributed by atoms with Gasteiger partial charge >= 0.3 is 0 Å². The van der Waals surface area contributed by atoms with Gasteiger partial charge in [-0.2, -0.15) is 0 Å². The average molecular weight is 456 g/mol. The van der Waals surface area contributed by atoms with Crippen LogP contribution in [-0.2, 0) is 21.9 Å². The van der Waals surface area contributed by atoms with Crippen LogP contribution < -0.4 is 10.5 Å². The Kier molecular flexibility index (Phi) is 6.11. The Hall–Kier alpha value is -2.68. The van der Waals surface area contributed by atoms with Crippen LogP contribution in [0.2, 0.25) is 0 Å². The Morgan fingerprint density at radius 1 is 1.19 bits per heavy atom. The van der Waals surface area contributed by atoms with Gasteiger partial charge in [0.25, 0.3) is 0 Å². The van der Waals surface area contributed by atoms with Crippen LogP contribution in [0.4, 0.5) is 0 Å². The summed E-state index contributed by atoms with van der Waals surface area (Å²) in [6.45, 7) is -0.194. The fraction of sp³-hybridized carbons (Fsp3) is 0.375. The van der Waals surface area contributed by atoms with Crippen LogP contribution in [0.15, 0.2) is 65.7 Å². The number of aryl methyl sites for hydroxylation is 1. The predicted octanol–water partition coefficient (Wildman–Crippen LogP) is 2.65. The van der Waals surface area contributed by atoms with Gasteiger partial charge in [-0.05, 0) is 55.5 Å². The average Bonchev–Trinajstić information content (AvgIpc) is 3.16. The molecule has 0 saturated heterocycles. The normalized spacial score (nSPS) is 22.6. The van der Waals surface area contributed by atoms with E-state index in [9.17, 15) is 18.3 Å². The summed E-state index contributed by atoms with van der Waals surface area (Å²) >= 11 is 0. The molecule has 1 fully saturated rings. The number of carbonyl (C=O) groups excluding carboxylic acids is 1. The van der Waals surface area contributed by atoms with Crippen LogP contribution in [0.1, 0.15) is 37.2 Å². The van der Waals surface area contributed by atoms with Crippen molar-refractivity contribution in [2.75, 3.05) is 6.61 Å². The molecule has 1 aliphatic rings. The molecular weight excluding hydrogens is 426 g/mol.